The maximum atomic E-state index is 13.0. The number of piperidine rings is 1. The molecule has 0 aliphatic carbocycles. The van der Waals surface area contributed by atoms with Gasteiger partial charge in [-0.3, -0.25) is 0 Å². The fourth-order valence-electron chi connectivity index (χ4n) is 3.39. The molecule has 1 aromatic heterocycles. The van der Waals surface area contributed by atoms with Crippen LogP contribution in [0.25, 0.3) is 0 Å². The smallest absolute Gasteiger partial charge is 0.240 e. The standard InChI is InChI=1S/C22H25FN6O2S/c23-17-3-5-18(6-4-17)27-21-11-14-25-22(28-21)26-15-16-1-7-20(8-2-16)32(30,31)29-19-9-12-24-13-10-19/h1-8,11,14,19,24,29H,9-10,12-13,15H2,(H2,25,26,27,28). The van der Waals surface area contributed by atoms with E-state index in [9.17, 15) is 12.8 Å². The Kier molecular flexibility index (Phi) is 6.93. The molecular formula is C22H25FN6O2S. The number of nitrogens with zero attached hydrogens (tertiary/aromatic N) is 2. The van der Waals surface area contributed by atoms with Crippen LogP contribution in [0.3, 0.4) is 0 Å². The third-order valence-corrected chi connectivity index (χ3v) is 6.65. The van der Waals surface area contributed by atoms with E-state index in [0.29, 0.717) is 24.0 Å². The lowest BCUT2D eigenvalue weighted by atomic mass is 10.1. The number of halogens is 1. The summed E-state index contributed by atoms with van der Waals surface area (Å²) in [5, 5.41) is 9.44. The molecule has 2 aromatic carbocycles. The molecule has 0 atom stereocenters. The van der Waals surface area contributed by atoms with Gasteiger partial charge in [-0.2, -0.15) is 4.98 Å². The second-order valence-electron chi connectivity index (χ2n) is 7.54. The Morgan fingerprint density at radius 1 is 1.00 bits per heavy atom. The molecule has 0 spiro atoms. The maximum absolute atomic E-state index is 13.0. The minimum Gasteiger partial charge on any atom is -0.350 e. The highest BCUT2D eigenvalue weighted by molar-refractivity contribution is 7.89. The van der Waals surface area contributed by atoms with E-state index in [1.807, 2.05) is 0 Å². The molecule has 1 aliphatic heterocycles. The van der Waals surface area contributed by atoms with E-state index in [1.165, 1.54) is 12.1 Å². The zero-order valence-corrected chi connectivity index (χ0v) is 18.2. The van der Waals surface area contributed by atoms with Gasteiger partial charge in [0.2, 0.25) is 16.0 Å². The topological polar surface area (TPSA) is 108 Å². The summed E-state index contributed by atoms with van der Waals surface area (Å²) < 4.78 is 41.0. The number of rotatable bonds is 8. The summed E-state index contributed by atoms with van der Waals surface area (Å²) in [7, 11) is -3.54. The Morgan fingerprint density at radius 3 is 2.44 bits per heavy atom. The predicted molar refractivity (Wildman–Crippen MR) is 122 cm³/mol. The molecule has 168 valence electrons. The number of aromatic nitrogens is 2. The minimum absolute atomic E-state index is 0.0319. The van der Waals surface area contributed by atoms with Crippen LogP contribution in [0.4, 0.5) is 21.8 Å². The van der Waals surface area contributed by atoms with Gasteiger partial charge in [0.25, 0.3) is 0 Å². The summed E-state index contributed by atoms with van der Waals surface area (Å²) in [6, 6.07) is 14.4. The van der Waals surface area contributed by atoms with Crippen LogP contribution in [-0.2, 0) is 16.6 Å². The maximum Gasteiger partial charge on any atom is 0.240 e. The fraction of sp³-hybridized carbons (Fsp3) is 0.273. The number of anilines is 3. The number of nitrogens with one attached hydrogen (secondary N) is 4. The molecule has 2 heterocycles. The molecule has 1 aliphatic rings. The van der Waals surface area contributed by atoms with Crippen LogP contribution in [0.2, 0.25) is 0 Å². The molecule has 3 aromatic rings. The third-order valence-electron chi connectivity index (χ3n) is 5.12. The highest BCUT2D eigenvalue weighted by Gasteiger charge is 2.21. The quantitative estimate of drug-likeness (QED) is 0.413. The van der Waals surface area contributed by atoms with Crippen molar-refractivity contribution in [2.75, 3.05) is 23.7 Å². The average molecular weight is 457 g/mol. The van der Waals surface area contributed by atoms with Gasteiger partial charge < -0.3 is 16.0 Å². The number of hydrogen-bond acceptors (Lipinski definition) is 7. The second kappa shape index (κ2) is 10.0. The first-order chi connectivity index (χ1) is 15.5. The van der Waals surface area contributed by atoms with Crippen molar-refractivity contribution in [3.8, 4) is 0 Å². The minimum atomic E-state index is -3.54. The van der Waals surface area contributed by atoms with Crippen LogP contribution >= 0.6 is 0 Å². The summed E-state index contributed by atoms with van der Waals surface area (Å²) in [6.45, 7) is 2.07. The Labute approximate surface area is 186 Å². The first kappa shape index (κ1) is 22.1. The summed E-state index contributed by atoms with van der Waals surface area (Å²) >= 11 is 0. The molecular weight excluding hydrogens is 431 g/mol. The third kappa shape index (κ3) is 6.00. The highest BCUT2D eigenvalue weighted by atomic mass is 32.2. The average Bonchev–Trinajstić information content (AvgIpc) is 2.80. The van der Waals surface area contributed by atoms with Crippen LogP contribution in [0.5, 0.6) is 0 Å². The lowest BCUT2D eigenvalue weighted by molar-refractivity contribution is 0.427. The number of hydrogen-bond donors (Lipinski definition) is 4. The molecule has 10 heteroatoms. The molecule has 4 rings (SSSR count). The molecule has 4 N–H and O–H groups in total. The largest absolute Gasteiger partial charge is 0.350 e. The van der Waals surface area contributed by atoms with Gasteiger partial charge in [0.05, 0.1) is 4.90 Å². The van der Waals surface area contributed by atoms with Crippen LogP contribution in [0.1, 0.15) is 18.4 Å². The van der Waals surface area contributed by atoms with Crippen LogP contribution < -0.4 is 20.7 Å². The Bertz CT molecular complexity index is 1130. The predicted octanol–water partition coefficient (Wildman–Crippen LogP) is 3.00. The Morgan fingerprint density at radius 2 is 1.72 bits per heavy atom. The van der Waals surface area contributed by atoms with Crippen molar-refractivity contribution in [2.45, 2.75) is 30.3 Å². The first-order valence-corrected chi connectivity index (χ1v) is 11.9. The van der Waals surface area contributed by atoms with Crippen molar-refractivity contribution >= 4 is 27.5 Å². The fourth-order valence-corrected chi connectivity index (χ4v) is 4.69. The van der Waals surface area contributed by atoms with Gasteiger partial charge in [0.1, 0.15) is 11.6 Å². The van der Waals surface area contributed by atoms with Crippen molar-refractivity contribution in [2.24, 2.45) is 0 Å². The molecule has 8 nitrogen and oxygen atoms in total. The molecule has 0 amide bonds. The molecule has 0 radical (unpaired) electrons. The zero-order valence-electron chi connectivity index (χ0n) is 17.4. The normalized spacial score (nSPS) is 14.8. The van der Waals surface area contributed by atoms with Gasteiger partial charge in [-0.25, -0.2) is 22.5 Å². The Balaban J connectivity index is 1.34. The van der Waals surface area contributed by atoms with Crippen molar-refractivity contribution in [1.29, 1.82) is 0 Å². The van der Waals surface area contributed by atoms with Crippen molar-refractivity contribution in [1.82, 2.24) is 20.0 Å². The van der Waals surface area contributed by atoms with Crippen LogP contribution in [-0.4, -0.2) is 37.5 Å². The van der Waals surface area contributed by atoms with E-state index in [-0.39, 0.29) is 16.8 Å². The van der Waals surface area contributed by atoms with Gasteiger partial charge in [0, 0.05) is 24.5 Å². The van der Waals surface area contributed by atoms with Crippen LogP contribution in [0, 0.1) is 5.82 Å². The molecule has 0 bridgehead atoms. The van der Waals surface area contributed by atoms with Gasteiger partial charge in [-0.1, -0.05) is 12.1 Å². The van der Waals surface area contributed by atoms with E-state index < -0.39 is 10.0 Å². The van der Waals surface area contributed by atoms with E-state index in [0.717, 1.165) is 31.5 Å². The number of benzene rings is 2. The van der Waals surface area contributed by atoms with E-state index >= 15 is 0 Å². The SMILES string of the molecule is O=S(=O)(NC1CCNCC1)c1ccc(CNc2nccc(Nc3ccc(F)cc3)n2)cc1. The highest BCUT2D eigenvalue weighted by Crippen LogP contribution is 2.17. The first-order valence-electron chi connectivity index (χ1n) is 10.4. The van der Waals surface area contributed by atoms with Crippen molar-refractivity contribution in [3.05, 3.63) is 72.2 Å². The summed E-state index contributed by atoms with van der Waals surface area (Å²) in [6.07, 6.45) is 3.19. The molecule has 0 saturated carbocycles. The lowest BCUT2D eigenvalue weighted by Gasteiger charge is -2.23. The lowest BCUT2D eigenvalue weighted by Crippen LogP contribution is -2.42. The van der Waals surface area contributed by atoms with Crippen molar-refractivity contribution in [3.63, 3.8) is 0 Å². The van der Waals surface area contributed by atoms with E-state index in [2.05, 4.69) is 30.6 Å². The van der Waals surface area contributed by atoms with Gasteiger partial charge in [-0.15, -0.1) is 0 Å². The Hall–Kier alpha value is -3.08. The van der Waals surface area contributed by atoms with E-state index in [4.69, 9.17) is 0 Å². The number of sulfonamides is 1. The van der Waals surface area contributed by atoms with Crippen LogP contribution in [0.15, 0.2) is 65.7 Å². The monoisotopic (exact) mass is 456 g/mol. The summed E-state index contributed by atoms with van der Waals surface area (Å²) in [5.74, 6) is 0.683. The molecule has 1 fully saturated rings. The zero-order chi connectivity index (χ0) is 22.4. The molecule has 0 unspecified atom stereocenters. The molecule has 32 heavy (non-hydrogen) atoms. The van der Waals surface area contributed by atoms with Gasteiger partial charge in [0.15, 0.2) is 0 Å². The van der Waals surface area contributed by atoms with Gasteiger partial charge >= 0.3 is 0 Å². The summed E-state index contributed by atoms with van der Waals surface area (Å²) in [5.41, 5.74) is 1.61. The van der Waals surface area contributed by atoms with Crippen molar-refractivity contribution < 1.29 is 12.8 Å². The summed E-state index contributed by atoms with van der Waals surface area (Å²) in [4.78, 5) is 8.84. The van der Waals surface area contributed by atoms with Gasteiger partial charge in [-0.05, 0) is 74.0 Å². The molecule has 1 saturated heterocycles. The second-order valence-corrected chi connectivity index (χ2v) is 9.25. The van der Waals surface area contributed by atoms with E-state index in [1.54, 1.807) is 48.7 Å².